The molecule has 0 spiro atoms. The number of hydrogen-bond donors (Lipinski definition) is 2. The van der Waals surface area contributed by atoms with Crippen molar-refractivity contribution in [1.29, 1.82) is 0 Å². The summed E-state index contributed by atoms with van der Waals surface area (Å²) in [6.07, 6.45) is 2.52. The lowest BCUT2D eigenvalue weighted by atomic mass is 9.97. The number of piperidine rings is 1. The zero-order valence-corrected chi connectivity index (χ0v) is 19.8. The van der Waals surface area contributed by atoms with E-state index in [0.29, 0.717) is 0 Å². The Morgan fingerprint density at radius 1 is 1.22 bits per heavy atom. The van der Waals surface area contributed by atoms with Crippen molar-refractivity contribution in [2.24, 2.45) is 10.9 Å². The van der Waals surface area contributed by atoms with Crippen LogP contribution in [0.4, 0.5) is 5.69 Å². The van der Waals surface area contributed by atoms with Gasteiger partial charge in [0.1, 0.15) is 0 Å². The summed E-state index contributed by atoms with van der Waals surface area (Å²) < 4.78 is 0. The van der Waals surface area contributed by atoms with E-state index in [1.165, 1.54) is 37.2 Å². The third-order valence-corrected chi connectivity index (χ3v) is 5.11. The van der Waals surface area contributed by atoms with Gasteiger partial charge in [0.15, 0.2) is 5.96 Å². The molecule has 154 valence electrons. The molecule has 1 aliphatic heterocycles. The minimum Gasteiger partial charge on any atom is -0.370 e. The number of nitrogens with one attached hydrogen (secondary N) is 2. The molecule has 1 saturated heterocycles. The van der Waals surface area contributed by atoms with Crippen LogP contribution in [0, 0.1) is 12.8 Å². The minimum absolute atomic E-state index is 0. The Morgan fingerprint density at radius 3 is 2.59 bits per heavy atom. The van der Waals surface area contributed by atoms with E-state index in [1.807, 2.05) is 0 Å². The summed E-state index contributed by atoms with van der Waals surface area (Å²) in [6, 6.07) is 8.72. The molecule has 1 aromatic rings. The van der Waals surface area contributed by atoms with E-state index >= 15 is 0 Å². The summed E-state index contributed by atoms with van der Waals surface area (Å²) in [7, 11) is 2.21. The molecule has 1 aliphatic rings. The molecule has 2 N–H and O–H groups in total. The number of aryl methyl sites for hydroxylation is 1. The van der Waals surface area contributed by atoms with Crippen LogP contribution >= 0.6 is 24.0 Å². The molecule has 0 amide bonds. The number of hydrogen-bond acceptors (Lipinski definition) is 3. The number of guanidine groups is 1. The van der Waals surface area contributed by atoms with E-state index in [4.69, 9.17) is 4.99 Å². The van der Waals surface area contributed by atoms with Gasteiger partial charge in [0, 0.05) is 38.4 Å². The van der Waals surface area contributed by atoms with E-state index in [-0.39, 0.29) is 24.0 Å². The summed E-state index contributed by atoms with van der Waals surface area (Å²) in [5.41, 5.74) is 2.60. The number of aliphatic imine (C=N–C) groups is 1. The van der Waals surface area contributed by atoms with Gasteiger partial charge >= 0.3 is 0 Å². The van der Waals surface area contributed by atoms with Crippen LogP contribution in [-0.4, -0.2) is 63.7 Å². The maximum Gasteiger partial charge on any atom is 0.191 e. The highest BCUT2D eigenvalue weighted by atomic mass is 127. The lowest BCUT2D eigenvalue weighted by Gasteiger charge is -2.28. The largest absolute Gasteiger partial charge is 0.370 e. The van der Waals surface area contributed by atoms with Crippen LogP contribution in [0.1, 0.15) is 32.3 Å². The van der Waals surface area contributed by atoms with Gasteiger partial charge < -0.3 is 20.4 Å². The van der Waals surface area contributed by atoms with E-state index in [1.54, 1.807) is 0 Å². The van der Waals surface area contributed by atoms with Crippen LogP contribution in [0.2, 0.25) is 0 Å². The van der Waals surface area contributed by atoms with Crippen molar-refractivity contribution in [3.05, 3.63) is 29.8 Å². The van der Waals surface area contributed by atoms with E-state index in [9.17, 15) is 0 Å². The molecule has 0 bridgehead atoms. The van der Waals surface area contributed by atoms with Crippen LogP contribution in [-0.2, 0) is 0 Å². The van der Waals surface area contributed by atoms with Crippen molar-refractivity contribution in [3.8, 4) is 0 Å². The average Bonchev–Trinajstić information content (AvgIpc) is 2.64. The quantitative estimate of drug-likeness (QED) is 0.336. The van der Waals surface area contributed by atoms with Gasteiger partial charge in [-0.3, -0.25) is 4.99 Å². The molecule has 1 heterocycles. The summed E-state index contributed by atoms with van der Waals surface area (Å²) in [4.78, 5) is 9.64. The highest BCUT2D eigenvalue weighted by Crippen LogP contribution is 2.16. The smallest absolute Gasteiger partial charge is 0.191 e. The van der Waals surface area contributed by atoms with Gasteiger partial charge in [-0.05, 0) is 77.4 Å². The SMILES string of the molecule is CCNC(=NCC1CCN(C)CC1)NCCN(CC)c1cccc(C)c1.I. The van der Waals surface area contributed by atoms with Crippen LogP contribution in [0.25, 0.3) is 0 Å². The molecule has 0 aliphatic carbocycles. The first-order chi connectivity index (χ1) is 12.6. The molecule has 1 aromatic carbocycles. The Bertz CT molecular complexity index is 555. The zero-order chi connectivity index (χ0) is 18.8. The van der Waals surface area contributed by atoms with Gasteiger partial charge in [0.25, 0.3) is 0 Å². The first-order valence-electron chi connectivity index (χ1n) is 10.1. The maximum atomic E-state index is 4.83. The predicted molar refractivity (Wildman–Crippen MR) is 129 cm³/mol. The van der Waals surface area contributed by atoms with Crippen LogP contribution in [0.3, 0.4) is 0 Å². The van der Waals surface area contributed by atoms with Crippen molar-refractivity contribution in [3.63, 3.8) is 0 Å². The Balaban J connectivity index is 0.00000364. The highest BCUT2D eigenvalue weighted by Gasteiger charge is 2.16. The molecule has 1 fully saturated rings. The lowest BCUT2D eigenvalue weighted by molar-refractivity contribution is 0.223. The van der Waals surface area contributed by atoms with Crippen molar-refractivity contribution in [2.45, 2.75) is 33.6 Å². The summed E-state index contributed by atoms with van der Waals surface area (Å²) in [5, 5.41) is 6.89. The first kappa shape index (κ1) is 24.0. The molecular formula is C21H38IN5. The van der Waals surface area contributed by atoms with Crippen molar-refractivity contribution in [1.82, 2.24) is 15.5 Å². The number of likely N-dealkylation sites (N-methyl/N-ethyl adjacent to an activating group) is 1. The van der Waals surface area contributed by atoms with Crippen molar-refractivity contribution in [2.75, 3.05) is 57.8 Å². The van der Waals surface area contributed by atoms with Crippen LogP contribution < -0.4 is 15.5 Å². The van der Waals surface area contributed by atoms with Gasteiger partial charge in [-0.1, -0.05) is 12.1 Å². The maximum absolute atomic E-state index is 4.83. The van der Waals surface area contributed by atoms with Crippen LogP contribution in [0.15, 0.2) is 29.3 Å². The first-order valence-corrected chi connectivity index (χ1v) is 10.1. The van der Waals surface area contributed by atoms with E-state index < -0.39 is 0 Å². The monoisotopic (exact) mass is 487 g/mol. The number of halogens is 1. The molecule has 0 saturated carbocycles. The molecule has 0 atom stereocenters. The van der Waals surface area contributed by atoms with Gasteiger partial charge in [-0.25, -0.2) is 0 Å². The van der Waals surface area contributed by atoms with Gasteiger partial charge in [0.2, 0.25) is 0 Å². The van der Waals surface area contributed by atoms with Crippen molar-refractivity contribution < 1.29 is 0 Å². The van der Waals surface area contributed by atoms with E-state index in [2.05, 4.69) is 72.5 Å². The Labute approximate surface area is 183 Å². The number of anilines is 1. The topological polar surface area (TPSA) is 42.9 Å². The third kappa shape index (κ3) is 8.68. The normalized spacial score (nSPS) is 15.9. The Hall–Kier alpha value is -1.02. The van der Waals surface area contributed by atoms with Gasteiger partial charge in [-0.2, -0.15) is 0 Å². The lowest BCUT2D eigenvalue weighted by Crippen LogP contribution is -2.42. The highest BCUT2D eigenvalue weighted by molar-refractivity contribution is 14.0. The second-order valence-electron chi connectivity index (χ2n) is 7.31. The Morgan fingerprint density at radius 2 is 1.96 bits per heavy atom. The number of rotatable bonds is 8. The number of likely N-dealkylation sites (tertiary alicyclic amines) is 1. The van der Waals surface area contributed by atoms with Gasteiger partial charge in [0.05, 0.1) is 0 Å². The fourth-order valence-electron chi connectivity index (χ4n) is 3.41. The Kier molecular flexibility index (Phi) is 11.7. The number of nitrogens with zero attached hydrogens (tertiary/aromatic N) is 3. The molecule has 6 heteroatoms. The molecular weight excluding hydrogens is 449 g/mol. The summed E-state index contributed by atoms with van der Waals surface area (Å²) >= 11 is 0. The minimum atomic E-state index is 0. The van der Waals surface area contributed by atoms with E-state index in [0.717, 1.165) is 44.6 Å². The molecule has 27 heavy (non-hydrogen) atoms. The van der Waals surface area contributed by atoms with Crippen molar-refractivity contribution >= 4 is 35.6 Å². The standard InChI is InChI=1S/C21H37N5.HI/c1-5-22-21(24-17-19-10-13-25(4)14-11-19)23-12-15-26(6-2)20-9-7-8-18(3)16-20;/h7-9,16,19H,5-6,10-15,17H2,1-4H3,(H2,22,23,24);1H. The second kappa shape index (κ2) is 13.2. The average molecular weight is 487 g/mol. The zero-order valence-electron chi connectivity index (χ0n) is 17.5. The summed E-state index contributed by atoms with van der Waals surface area (Å²) in [6.45, 7) is 13.6. The number of benzene rings is 1. The summed E-state index contributed by atoms with van der Waals surface area (Å²) in [5.74, 6) is 1.67. The molecule has 2 rings (SSSR count). The van der Waals surface area contributed by atoms with Crippen LogP contribution in [0.5, 0.6) is 0 Å². The van der Waals surface area contributed by atoms with Gasteiger partial charge in [-0.15, -0.1) is 24.0 Å². The second-order valence-corrected chi connectivity index (χ2v) is 7.31. The fourth-order valence-corrected chi connectivity index (χ4v) is 3.41. The molecule has 0 radical (unpaired) electrons. The molecule has 0 aromatic heterocycles. The predicted octanol–water partition coefficient (Wildman–Crippen LogP) is 3.34. The molecule has 0 unspecified atom stereocenters. The molecule has 5 nitrogen and oxygen atoms in total. The third-order valence-electron chi connectivity index (χ3n) is 5.11. The fraction of sp³-hybridized carbons (Fsp3) is 0.667.